The number of aromatic amines is 1. The molecule has 9 nitrogen and oxygen atoms in total. The summed E-state index contributed by atoms with van der Waals surface area (Å²) in [6, 6.07) is 13.5. The summed E-state index contributed by atoms with van der Waals surface area (Å²) in [6.45, 7) is 0. The van der Waals surface area contributed by atoms with Gasteiger partial charge in [0, 0.05) is 5.56 Å². The molecule has 0 spiro atoms. The van der Waals surface area contributed by atoms with Crippen LogP contribution in [0, 0.1) is 10.1 Å². The van der Waals surface area contributed by atoms with Crippen LogP contribution in [-0.4, -0.2) is 27.2 Å². The third-order valence-corrected chi connectivity index (χ3v) is 3.04. The van der Waals surface area contributed by atoms with Crippen molar-refractivity contribution in [2.24, 2.45) is 5.10 Å². The summed E-state index contributed by atoms with van der Waals surface area (Å²) in [5.41, 5.74) is 4.02. The van der Waals surface area contributed by atoms with E-state index in [0.717, 1.165) is 5.56 Å². The Morgan fingerprint density at radius 3 is 2.79 bits per heavy atom. The zero-order valence-corrected chi connectivity index (χ0v) is 12.2. The molecule has 0 radical (unpaired) electrons. The number of nitrogens with one attached hydrogen (secondary N) is 2. The first-order valence-corrected chi connectivity index (χ1v) is 6.82. The van der Waals surface area contributed by atoms with E-state index in [1.54, 1.807) is 6.07 Å². The maximum absolute atomic E-state index is 12.0. The highest BCUT2D eigenvalue weighted by atomic mass is 16.6. The molecule has 0 saturated heterocycles. The van der Waals surface area contributed by atoms with Crippen molar-refractivity contribution in [1.29, 1.82) is 0 Å². The number of benzene rings is 1. The van der Waals surface area contributed by atoms with Crippen molar-refractivity contribution in [3.05, 3.63) is 70.1 Å². The maximum Gasteiger partial charge on any atom is 0.433 e. The third kappa shape index (κ3) is 3.35. The standard InChI is InChI=1S/C15H11N5O4/c21-15(19-16-9-11-6-7-14(24-11)20(22)23)13-8-12(17-18-13)10-4-2-1-3-5-10/h1-9H,(H,17,18)(H,19,21)/b16-9+. The van der Waals surface area contributed by atoms with E-state index < -0.39 is 16.7 Å². The Balaban J connectivity index is 1.64. The Labute approximate surface area is 135 Å². The minimum atomic E-state index is -0.661. The zero-order valence-electron chi connectivity index (χ0n) is 12.2. The summed E-state index contributed by atoms with van der Waals surface area (Å²) >= 11 is 0. The predicted molar refractivity (Wildman–Crippen MR) is 84.4 cm³/mol. The topological polar surface area (TPSA) is 126 Å². The van der Waals surface area contributed by atoms with Gasteiger partial charge in [0.1, 0.15) is 10.6 Å². The number of hydrogen-bond acceptors (Lipinski definition) is 6. The van der Waals surface area contributed by atoms with Gasteiger partial charge in [-0.25, -0.2) is 5.43 Å². The SMILES string of the molecule is O=C(N/N=C/c1ccc([N+](=O)[O-])o1)c1cc(-c2ccccc2)n[nH]1. The van der Waals surface area contributed by atoms with Gasteiger partial charge in [0.15, 0.2) is 5.76 Å². The Morgan fingerprint density at radius 2 is 2.08 bits per heavy atom. The van der Waals surface area contributed by atoms with E-state index in [2.05, 4.69) is 20.7 Å². The van der Waals surface area contributed by atoms with Crippen LogP contribution in [0.2, 0.25) is 0 Å². The van der Waals surface area contributed by atoms with Crippen molar-refractivity contribution in [2.75, 3.05) is 0 Å². The maximum atomic E-state index is 12.0. The molecule has 0 aliphatic carbocycles. The zero-order chi connectivity index (χ0) is 16.9. The summed E-state index contributed by atoms with van der Waals surface area (Å²) in [6.07, 6.45) is 1.17. The van der Waals surface area contributed by atoms with Gasteiger partial charge in [0.25, 0.3) is 5.91 Å². The van der Waals surface area contributed by atoms with Crippen LogP contribution < -0.4 is 5.43 Å². The molecular formula is C15H11N5O4. The molecule has 0 aliphatic rings. The van der Waals surface area contributed by atoms with E-state index in [9.17, 15) is 14.9 Å². The number of nitro groups is 1. The molecule has 0 fully saturated rings. The molecule has 0 atom stereocenters. The molecule has 3 rings (SSSR count). The fraction of sp³-hybridized carbons (Fsp3) is 0. The number of amides is 1. The van der Waals surface area contributed by atoms with Gasteiger partial charge in [-0.3, -0.25) is 20.0 Å². The monoisotopic (exact) mass is 325 g/mol. The van der Waals surface area contributed by atoms with Gasteiger partial charge in [-0.05, 0) is 12.1 Å². The van der Waals surface area contributed by atoms with Crippen molar-refractivity contribution < 1.29 is 14.1 Å². The average Bonchev–Trinajstić information content (AvgIpc) is 3.25. The second kappa shape index (κ2) is 6.57. The third-order valence-electron chi connectivity index (χ3n) is 3.04. The van der Waals surface area contributed by atoms with E-state index in [1.807, 2.05) is 30.3 Å². The molecule has 120 valence electrons. The second-order valence-corrected chi connectivity index (χ2v) is 4.67. The van der Waals surface area contributed by atoms with Gasteiger partial charge >= 0.3 is 5.88 Å². The van der Waals surface area contributed by atoms with Crippen LogP contribution in [-0.2, 0) is 0 Å². The van der Waals surface area contributed by atoms with E-state index in [0.29, 0.717) is 5.69 Å². The normalized spacial score (nSPS) is 10.8. The van der Waals surface area contributed by atoms with E-state index >= 15 is 0 Å². The Hall–Kier alpha value is -3.75. The number of nitrogens with zero attached hydrogens (tertiary/aromatic N) is 3. The number of aromatic nitrogens is 2. The lowest BCUT2D eigenvalue weighted by atomic mass is 10.1. The molecule has 9 heteroatoms. The van der Waals surface area contributed by atoms with Gasteiger partial charge in [-0.2, -0.15) is 10.2 Å². The molecule has 0 unspecified atom stereocenters. The van der Waals surface area contributed by atoms with Gasteiger partial charge in [-0.15, -0.1) is 0 Å². The van der Waals surface area contributed by atoms with Crippen molar-refractivity contribution in [1.82, 2.24) is 15.6 Å². The lowest BCUT2D eigenvalue weighted by Gasteiger charge is -1.94. The van der Waals surface area contributed by atoms with Gasteiger partial charge in [-0.1, -0.05) is 30.3 Å². The van der Waals surface area contributed by atoms with Gasteiger partial charge < -0.3 is 4.42 Å². The molecular weight excluding hydrogens is 314 g/mol. The van der Waals surface area contributed by atoms with Crippen LogP contribution in [0.1, 0.15) is 16.2 Å². The summed E-state index contributed by atoms with van der Waals surface area (Å²) < 4.78 is 4.87. The number of hydrazone groups is 1. The number of rotatable bonds is 5. The summed E-state index contributed by atoms with van der Waals surface area (Å²) in [7, 11) is 0. The smallest absolute Gasteiger partial charge is 0.400 e. The van der Waals surface area contributed by atoms with Gasteiger partial charge in [0.2, 0.25) is 0 Å². The molecule has 1 aromatic carbocycles. The molecule has 0 saturated carbocycles. The predicted octanol–water partition coefficient (Wildman–Crippen LogP) is 2.34. The van der Waals surface area contributed by atoms with Crippen molar-refractivity contribution in [2.45, 2.75) is 0 Å². The fourth-order valence-corrected chi connectivity index (χ4v) is 1.92. The number of H-pyrrole nitrogens is 1. The van der Waals surface area contributed by atoms with Gasteiger partial charge in [0.05, 0.1) is 18.0 Å². The fourth-order valence-electron chi connectivity index (χ4n) is 1.92. The number of furan rings is 1. The largest absolute Gasteiger partial charge is 0.433 e. The lowest BCUT2D eigenvalue weighted by molar-refractivity contribution is -0.402. The van der Waals surface area contributed by atoms with Crippen LogP contribution >= 0.6 is 0 Å². The Bertz CT molecular complexity index is 897. The number of carbonyl (C=O) groups excluding carboxylic acids is 1. The summed E-state index contributed by atoms with van der Waals surface area (Å²) in [4.78, 5) is 21.8. The molecule has 2 N–H and O–H groups in total. The molecule has 0 bridgehead atoms. The average molecular weight is 325 g/mol. The number of hydrogen-bond donors (Lipinski definition) is 2. The van der Waals surface area contributed by atoms with E-state index in [-0.39, 0.29) is 11.5 Å². The first-order chi connectivity index (χ1) is 11.6. The summed E-state index contributed by atoms with van der Waals surface area (Å²) in [5.74, 6) is -0.748. The lowest BCUT2D eigenvalue weighted by Crippen LogP contribution is -2.17. The molecule has 24 heavy (non-hydrogen) atoms. The van der Waals surface area contributed by atoms with Crippen LogP contribution in [0.15, 0.2) is 58.0 Å². The highest BCUT2D eigenvalue weighted by Gasteiger charge is 2.12. The van der Waals surface area contributed by atoms with Crippen molar-refractivity contribution >= 4 is 18.0 Å². The highest BCUT2D eigenvalue weighted by molar-refractivity contribution is 5.93. The van der Waals surface area contributed by atoms with Crippen LogP contribution in [0.4, 0.5) is 5.88 Å². The van der Waals surface area contributed by atoms with E-state index in [1.165, 1.54) is 18.3 Å². The first-order valence-electron chi connectivity index (χ1n) is 6.82. The minimum absolute atomic E-state index is 0.150. The van der Waals surface area contributed by atoms with Crippen molar-refractivity contribution in [3.63, 3.8) is 0 Å². The molecule has 2 heterocycles. The quantitative estimate of drug-likeness (QED) is 0.423. The molecule has 2 aromatic heterocycles. The van der Waals surface area contributed by atoms with Crippen LogP contribution in [0.25, 0.3) is 11.3 Å². The molecule has 0 aliphatic heterocycles. The first kappa shape index (κ1) is 15.2. The van der Waals surface area contributed by atoms with Crippen LogP contribution in [0.5, 0.6) is 0 Å². The summed E-state index contributed by atoms with van der Waals surface area (Å²) in [5, 5.41) is 20.9. The second-order valence-electron chi connectivity index (χ2n) is 4.67. The molecule has 3 aromatic rings. The van der Waals surface area contributed by atoms with E-state index in [4.69, 9.17) is 4.42 Å². The highest BCUT2D eigenvalue weighted by Crippen LogP contribution is 2.17. The number of carbonyl (C=O) groups is 1. The van der Waals surface area contributed by atoms with Crippen molar-refractivity contribution in [3.8, 4) is 11.3 Å². The minimum Gasteiger partial charge on any atom is -0.400 e. The van der Waals surface area contributed by atoms with Crippen LogP contribution in [0.3, 0.4) is 0 Å². The Morgan fingerprint density at radius 1 is 1.29 bits per heavy atom. The Kier molecular flexibility index (Phi) is 4.15. The molecule has 1 amide bonds.